The van der Waals surface area contributed by atoms with Crippen LogP contribution in [-0.4, -0.2) is 18.7 Å². The lowest BCUT2D eigenvalue weighted by Gasteiger charge is -2.10. The number of nitrogens with zero attached hydrogens (tertiary/aromatic N) is 1. The van der Waals surface area contributed by atoms with Crippen molar-refractivity contribution in [1.29, 1.82) is 0 Å². The first-order valence-electron chi connectivity index (χ1n) is 4.15. The van der Waals surface area contributed by atoms with Crippen LogP contribution < -0.4 is 4.72 Å². The van der Waals surface area contributed by atoms with Crippen LogP contribution in [0.3, 0.4) is 0 Å². The molecule has 84 valence electrons. The largest absolute Gasteiger partial charge is 0.282 e. The second-order valence-electron chi connectivity index (χ2n) is 3.19. The van der Waals surface area contributed by atoms with Crippen molar-refractivity contribution in [3.63, 3.8) is 0 Å². The molecule has 7 heteroatoms. The third-order valence-corrected chi connectivity index (χ3v) is 4.57. The number of pyridine rings is 1. The van der Waals surface area contributed by atoms with Crippen LogP contribution in [0.2, 0.25) is 5.15 Å². The summed E-state index contributed by atoms with van der Waals surface area (Å²) in [7, 11) is -3.33. The van der Waals surface area contributed by atoms with Crippen molar-refractivity contribution < 1.29 is 8.42 Å². The second-order valence-corrected chi connectivity index (χ2v) is 6.64. The molecule has 0 aliphatic carbocycles. The van der Waals surface area contributed by atoms with Crippen LogP contribution in [0.4, 0.5) is 5.69 Å². The van der Waals surface area contributed by atoms with Gasteiger partial charge in [0.1, 0.15) is 5.15 Å². The molecule has 0 aromatic carbocycles. The molecule has 0 spiro atoms. The average Bonchev–Trinajstić information content (AvgIpc) is 2.10. The zero-order chi connectivity index (χ0) is 11.6. The predicted molar refractivity (Wildman–Crippen MR) is 64.6 cm³/mol. The molecule has 0 radical (unpaired) electrons. The van der Waals surface area contributed by atoms with Gasteiger partial charge >= 0.3 is 0 Å². The van der Waals surface area contributed by atoms with Gasteiger partial charge < -0.3 is 0 Å². The van der Waals surface area contributed by atoms with Crippen molar-refractivity contribution in [3.05, 3.63) is 21.9 Å². The van der Waals surface area contributed by atoms with Crippen LogP contribution in [-0.2, 0) is 10.0 Å². The molecule has 15 heavy (non-hydrogen) atoms. The Labute approximate surface area is 102 Å². The van der Waals surface area contributed by atoms with Crippen molar-refractivity contribution in [2.75, 3.05) is 4.72 Å². The Morgan fingerprint density at radius 2 is 2.13 bits per heavy atom. The number of aromatic nitrogens is 1. The SMILES string of the molecule is CC(C)S(=O)(=O)Nc1cnc(Cl)c(Br)c1. The molecule has 4 nitrogen and oxygen atoms in total. The molecule has 1 aromatic rings. The summed E-state index contributed by atoms with van der Waals surface area (Å²) < 4.78 is 26.0. The first-order valence-corrected chi connectivity index (χ1v) is 6.87. The van der Waals surface area contributed by atoms with Gasteiger partial charge in [0, 0.05) is 0 Å². The molecule has 1 heterocycles. The highest BCUT2D eigenvalue weighted by molar-refractivity contribution is 9.10. The summed E-state index contributed by atoms with van der Waals surface area (Å²) in [5, 5.41) is -0.200. The number of rotatable bonds is 3. The standard InChI is InChI=1S/C8H10BrClN2O2S/c1-5(2)15(13,14)12-6-3-7(9)8(10)11-4-6/h3-5,12H,1-2H3. The van der Waals surface area contributed by atoms with Gasteiger partial charge in [0.25, 0.3) is 0 Å². The number of hydrogen-bond donors (Lipinski definition) is 1. The lowest BCUT2D eigenvalue weighted by atomic mass is 10.4. The molecular weight excluding hydrogens is 304 g/mol. The predicted octanol–water partition coefficient (Wildman–Crippen LogP) is 2.65. The van der Waals surface area contributed by atoms with E-state index in [1.165, 1.54) is 6.20 Å². The van der Waals surface area contributed by atoms with Gasteiger partial charge in [-0.1, -0.05) is 11.6 Å². The summed E-state index contributed by atoms with van der Waals surface area (Å²) in [4.78, 5) is 3.81. The third-order valence-electron chi connectivity index (χ3n) is 1.68. The fraction of sp³-hybridized carbons (Fsp3) is 0.375. The van der Waals surface area contributed by atoms with E-state index in [-0.39, 0.29) is 0 Å². The fourth-order valence-electron chi connectivity index (χ4n) is 0.759. The maximum absolute atomic E-state index is 11.5. The minimum Gasteiger partial charge on any atom is -0.282 e. The highest BCUT2D eigenvalue weighted by atomic mass is 79.9. The Bertz CT molecular complexity index is 462. The van der Waals surface area contributed by atoms with Gasteiger partial charge in [-0.3, -0.25) is 4.72 Å². The molecule has 0 saturated carbocycles. The van der Waals surface area contributed by atoms with Crippen LogP contribution in [0, 0.1) is 0 Å². The lowest BCUT2D eigenvalue weighted by Crippen LogP contribution is -2.22. The molecule has 0 aliphatic heterocycles. The van der Waals surface area contributed by atoms with E-state index in [0.717, 1.165) is 0 Å². The van der Waals surface area contributed by atoms with E-state index in [1.807, 2.05) is 0 Å². The molecule has 1 aromatic heterocycles. The van der Waals surface area contributed by atoms with E-state index in [9.17, 15) is 8.42 Å². The van der Waals surface area contributed by atoms with Gasteiger partial charge in [-0.2, -0.15) is 0 Å². The molecule has 0 atom stereocenters. The number of sulfonamides is 1. The highest BCUT2D eigenvalue weighted by Crippen LogP contribution is 2.23. The van der Waals surface area contributed by atoms with Gasteiger partial charge in [0.2, 0.25) is 10.0 Å². The topological polar surface area (TPSA) is 59.1 Å². The molecule has 0 unspecified atom stereocenters. The molecule has 0 saturated heterocycles. The van der Waals surface area contributed by atoms with E-state index < -0.39 is 15.3 Å². The van der Waals surface area contributed by atoms with Crippen LogP contribution in [0.5, 0.6) is 0 Å². The molecule has 1 rings (SSSR count). The maximum Gasteiger partial charge on any atom is 0.235 e. The fourth-order valence-corrected chi connectivity index (χ4v) is 1.89. The summed E-state index contributed by atoms with van der Waals surface area (Å²) in [6.07, 6.45) is 1.37. The Morgan fingerprint density at radius 3 is 2.60 bits per heavy atom. The smallest absolute Gasteiger partial charge is 0.235 e. The number of halogens is 2. The van der Waals surface area contributed by atoms with E-state index in [1.54, 1.807) is 19.9 Å². The van der Waals surface area contributed by atoms with Crippen molar-refractivity contribution in [3.8, 4) is 0 Å². The zero-order valence-electron chi connectivity index (χ0n) is 8.16. The number of nitrogens with one attached hydrogen (secondary N) is 1. The number of anilines is 1. The summed E-state index contributed by atoms with van der Waals surface area (Å²) in [6, 6.07) is 1.56. The minimum atomic E-state index is -3.33. The highest BCUT2D eigenvalue weighted by Gasteiger charge is 2.16. The molecule has 1 N–H and O–H groups in total. The Morgan fingerprint density at radius 1 is 1.53 bits per heavy atom. The Balaban J connectivity index is 2.96. The van der Waals surface area contributed by atoms with Crippen LogP contribution >= 0.6 is 27.5 Å². The summed E-state index contributed by atoms with van der Waals surface area (Å²) in [5.74, 6) is 0. The van der Waals surface area contributed by atoms with Gasteiger partial charge in [0.05, 0.1) is 21.6 Å². The second kappa shape index (κ2) is 4.67. The minimum absolute atomic E-state index is 0.294. The maximum atomic E-state index is 11.5. The van der Waals surface area contributed by atoms with E-state index in [0.29, 0.717) is 15.3 Å². The molecule has 0 aliphatic rings. The molecule has 0 fully saturated rings. The quantitative estimate of drug-likeness (QED) is 0.873. The first-order chi connectivity index (χ1) is 6.83. The van der Waals surface area contributed by atoms with Crippen molar-refractivity contribution >= 4 is 43.2 Å². The van der Waals surface area contributed by atoms with Crippen LogP contribution in [0.25, 0.3) is 0 Å². The van der Waals surface area contributed by atoms with Crippen molar-refractivity contribution in [1.82, 2.24) is 4.98 Å². The normalized spacial score (nSPS) is 11.8. The Hall–Kier alpha value is -0.330. The van der Waals surface area contributed by atoms with E-state index >= 15 is 0 Å². The average molecular weight is 314 g/mol. The van der Waals surface area contributed by atoms with Crippen LogP contribution in [0.1, 0.15) is 13.8 Å². The van der Waals surface area contributed by atoms with Gasteiger partial charge in [0.15, 0.2) is 0 Å². The van der Waals surface area contributed by atoms with Crippen molar-refractivity contribution in [2.45, 2.75) is 19.1 Å². The zero-order valence-corrected chi connectivity index (χ0v) is 11.3. The van der Waals surface area contributed by atoms with Gasteiger partial charge in [-0.15, -0.1) is 0 Å². The number of hydrogen-bond acceptors (Lipinski definition) is 3. The van der Waals surface area contributed by atoms with Crippen LogP contribution in [0.15, 0.2) is 16.7 Å². The summed E-state index contributed by atoms with van der Waals surface area (Å²) >= 11 is 8.84. The van der Waals surface area contributed by atoms with Crippen molar-refractivity contribution in [2.24, 2.45) is 0 Å². The summed E-state index contributed by atoms with van der Waals surface area (Å²) in [5.41, 5.74) is 0.389. The lowest BCUT2D eigenvalue weighted by molar-refractivity contribution is 0.593. The Kier molecular flexibility index (Phi) is 3.97. The monoisotopic (exact) mass is 312 g/mol. The van der Waals surface area contributed by atoms with E-state index in [4.69, 9.17) is 11.6 Å². The summed E-state index contributed by atoms with van der Waals surface area (Å²) in [6.45, 7) is 3.20. The van der Waals surface area contributed by atoms with Gasteiger partial charge in [-0.25, -0.2) is 13.4 Å². The molecule has 0 amide bonds. The third kappa shape index (κ3) is 3.32. The van der Waals surface area contributed by atoms with E-state index in [2.05, 4.69) is 25.6 Å². The molecule has 0 bridgehead atoms. The first kappa shape index (κ1) is 12.7. The van der Waals surface area contributed by atoms with Gasteiger partial charge in [-0.05, 0) is 35.8 Å². The molecular formula is C8H10BrClN2O2S.